The molecule has 0 aliphatic carbocycles. The van der Waals surface area contributed by atoms with Crippen molar-refractivity contribution in [3.8, 4) is 5.75 Å². The summed E-state index contributed by atoms with van der Waals surface area (Å²) in [6.45, 7) is 4.71. The molecule has 20 heavy (non-hydrogen) atoms. The fourth-order valence-electron chi connectivity index (χ4n) is 2.06. The minimum absolute atomic E-state index is 0.00832. The Bertz CT molecular complexity index is 581. The van der Waals surface area contributed by atoms with Crippen molar-refractivity contribution in [2.45, 2.75) is 27.1 Å². The van der Waals surface area contributed by atoms with Crippen LogP contribution in [0.1, 0.15) is 22.3 Å². The van der Waals surface area contributed by atoms with E-state index in [1.165, 1.54) is 16.7 Å². The molecule has 0 amide bonds. The lowest BCUT2D eigenvalue weighted by atomic mass is 10.0. The molecular weight excluding hydrogens is 384 g/mol. The van der Waals surface area contributed by atoms with Gasteiger partial charge in [0.1, 0.15) is 12.4 Å². The van der Waals surface area contributed by atoms with E-state index >= 15 is 0 Å². The molecule has 0 bridgehead atoms. The fourth-order valence-corrected chi connectivity index (χ4v) is 3.57. The van der Waals surface area contributed by atoms with E-state index in [9.17, 15) is 5.11 Å². The largest absolute Gasteiger partial charge is 0.487 e. The highest BCUT2D eigenvalue weighted by molar-refractivity contribution is 9.11. The van der Waals surface area contributed by atoms with Gasteiger partial charge in [-0.1, -0.05) is 18.2 Å². The number of rotatable bonds is 4. The maximum Gasteiger partial charge on any atom is 0.148 e. The van der Waals surface area contributed by atoms with Gasteiger partial charge in [0.25, 0.3) is 0 Å². The summed E-state index contributed by atoms with van der Waals surface area (Å²) in [6, 6.07) is 9.96. The highest BCUT2D eigenvalue weighted by Gasteiger charge is 2.10. The van der Waals surface area contributed by atoms with Crippen LogP contribution in [0.15, 0.2) is 39.3 Å². The van der Waals surface area contributed by atoms with Gasteiger partial charge in [-0.25, -0.2) is 0 Å². The minimum Gasteiger partial charge on any atom is -0.487 e. The van der Waals surface area contributed by atoms with Gasteiger partial charge in [0.2, 0.25) is 0 Å². The Kier molecular flexibility index (Phi) is 5.24. The molecule has 106 valence electrons. The van der Waals surface area contributed by atoms with E-state index in [1.54, 1.807) is 0 Å². The summed E-state index contributed by atoms with van der Waals surface area (Å²) in [5.74, 6) is 0.754. The Labute approximate surface area is 136 Å². The first kappa shape index (κ1) is 15.5. The fraction of sp³-hybridized carbons (Fsp3) is 0.250. The van der Waals surface area contributed by atoms with Crippen LogP contribution < -0.4 is 4.74 Å². The van der Waals surface area contributed by atoms with Crippen LogP contribution in [0, 0.1) is 13.8 Å². The summed E-state index contributed by atoms with van der Waals surface area (Å²) in [6.07, 6.45) is 0. The number of aliphatic hydroxyl groups excluding tert-OH is 1. The molecule has 0 saturated carbocycles. The first-order valence-corrected chi connectivity index (χ1v) is 7.88. The van der Waals surface area contributed by atoms with Crippen molar-refractivity contribution >= 4 is 31.9 Å². The molecule has 1 N–H and O–H groups in total. The van der Waals surface area contributed by atoms with Crippen molar-refractivity contribution in [1.82, 2.24) is 0 Å². The second kappa shape index (κ2) is 6.74. The highest BCUT2D eigenvalue weighted by atomic mass is 79.9. The molecule has 0 atom stereocenters. The van der Waals surface area contributed by atoms with Gasteiger partial charge in [0.15, 0.2) is 0 Å². The molecule has 4 heteroatoms. The Balaban J connectivity index is 2.23. The summed E-state index contributed by atoms with van der Waals surface area (Å²) in [5.41, 5.74) is 4.49. The van der Waals surface area contributed by atoms with Gasteiger partial charge in [0.05, 0.1) is 15.6 Å². The lowest BCUT2D eigenvalue weighted by Gasteiger charge is -2.14. The predicted molar refractivity (Wildman–Crippen MR) is 88.0 cm³/mol. The smallest absolute Gasteiger partial charge is 0.148 e. The number of hydrogen-bond acceptors (Lipinski definition) is 2. The molecule has 0 aromatic heterocycles. The standard InChI is InChI=1S/C16H16Br2O2/c1-10-4-3-5-11(2)13(10)9-20-16-14(17)6-12(8-19)7-15(16)18/h3-7,19H,8-9H2,1-2H3. The first-order chi connectivity index (χ1) is 9.52. The van der Waals surface area contributed by atoms with E-state index < -0.39 is 0 Å². The van der Waals surface area contributed by atoms with Crippen LogP contribution in [0.25, 0.3) is 0 Å². The zero-order chi connectivity index (χ0) is 14.7. The van der Waals surface area contributed by atoms with Crippen molar-refractivity contribution in [2.75, 3.05) is 0 Å². The second-order valence-electron chi connectivity index (χ2n) is 4.71. The van der Waals surface area contributed by atoms with Crippen molar-refractivity contribution in [3.63, 3.8) is 0 Å². The van der Waals surface area contributed by atoms with Crippen LogP contribution >= 0.6 is 31.9 Å². The molecule has 2 rings (SSSR count). The Morgan fingerprint density at radius 3 is 2.10 bits per heavy atom. The molecule has 0 saturated heterocycles. The molecule has 0 heterocycles. The Hall–Kier alpha value is -0.840. The van der Waals surface area contributed by atoms with E-state index in [0.29, 0.717) is 6.61 Å². The van der Waals surface area contributed by atoms with Gasteiger partial charge < -0.3 is 9.84 Å². The highest BCUT2D eigenvalue weighted by Crippen LogP contribution is 2.35. The zero-order valence-electron chi connectivity index (χ0n) is 11.4. The van der Waals surface area contributed by atoms with E-state index in [1.807, 2.05) is 12.1 Å². The number of ether oxygens (including phenoxy) is 1. The van der Waals surface area contributed by atoms with Crippen LogP contribution in [-0.4, -0.2) is 5.11 Å². The maximum atomic E-state index is 9.18. The third-order valence-electron chi connectivity index (χ3n) is 3.25. The van der Waals surface area contributed by atoms with Gasteiger partial charge in [-0.15, -0.1) is 0 Å². The molecule has 0 aliphatic heterocycles. The molecule has 2 nitrogen and oxygen atoms in total. The zero-order valence-corrected chi connectivity index (χ0v) is 14.6. The summed E-state index contributed by atoms with van der Waals surface area (Å²) in [4.78, 5) is 0. The molecule has 0 aliphatic rings. The molecule has 0 spiro atoms. The van der Waals surface area contributed by atoms with Gasteiger partial charge in [0, 0.05) is 0 Å². The van der Waals surface area contributed by atoms with Crippen LogP contribution in [-0.2, 0) is 13.2 Å². The minimum atomic E-state index is 0.00832. The van der Waals surface area contributed by atoms with E-state index in [2.05, 4.69) is 63.9 Å². The average Bonchev–Trinajstić information content (AvgIpc) is 2.40. The van der Waals surface area contributed by atoms with Crippen molar-refractivity contribution in [2.24, 2.45) is 0 Å². The van der Waals surface area contributed by atoms with Crippen LogP contribution in [0.2, 0.25) is 0 Å². The Morgan fingerprint density at radius 1 is 1.05 bits per heavy atom. The van der Waals surface area contributed by atoms with E-state index in [4.69, 9.17) is 4.74 Å². The number of hydrogen-bond donors (Lipinski definition) is 1. The van der Waals surface area contributed by atoms with Gasteiger partial charge >= 0.3 is 0 Å². The first-order valence-electron chi connectivity index (χ1n) is 6.29. The molecule has 0 radical (unpaired) electrons. The van der Waals surface area contributed by atoms with Gasteiger partial charge in [-0.3, -0.25) is 0 Å². The molecule has 0 unspecified atom stereocenters. The average molecular weight is 400 g/mol. The monoisotopic (exact) mass is 398 g/mol. The normalized spacial score (nSPS) is 10.7. The molecule has 2 aromatic carbocycles. The predicted octanol–water partition coefficient (Wildman–Crippen LogP) is 4.90. The third kappa shape index (κ3) is 3.43. The summed E-state index contributed by atoms with van der Waals surface area (Å²) >= 11 is 6.97. The lowest BCUT2D eigenvalue weighted by Crippen LogP contribution is -2.02. The summed E-state index contributed by atoms with van der Waals surface area (Å²) in [5, 5.41) is 9.18. The topological polar surface area (TPSA) is 29.5 Å². The van der Waals surface area contributed by atoms with Gasteiger partial charge in [-0.2, -0.15) is 0 Å². The SMILES string of the molecule is Cc1cccc(C)c1COc1c(Br)cc(CO)cc1Br. The number of aryl methyl sites for hydroxylation is 2. The quantitative estimate of drug-likeness (QED) is 0.792. The number of halogens is 2. The van der Waals surface area contributed by atoms with Crippen molar-refractivity contribution in [3.05, 3.63) is 61.5 Å². The lowest BCUT2D eigenvalue weighted by molar-refractivity contribution is 0.280. The van der Waals surface area contributed by atoms with Crippen LogP contribution in [0.5, 0.6) is 5.75 Å². The van der Waals surface area contributed by atoms with E-state index in [-0.39, 0.29) is 6.61 Å². The summed E-state index contributed by atoms with van der Waals surface area (Å²) < 4.78 is 7.61. The Morgan fingerprint density at radius 2 is 1.60 bits per heavy atom. The number of aliphatic hydroxyl groups is 1. The van der Waals surface area contributed by atoms with Crippen LogP contribution in [0.4, 0.5) is 0 Å². The summed E-state index contributed by atoms with van der Waals surface area (Å²) in [7, 11) is 0. The van der Waals surface area contributed by atoms with Crippen LogP contribution in [0.3, 0.4) is 0 Å². The van der Waals surface area contributed by atoms with E-state index in [0.717, 1.165) is 20.3 Å². The molecular formula is C16H16Br2O2. The third-order valence-corrected chi connectivity index (χ3v) is 4.42. The maximum absolute atomic E-state index is 9.18. The van der Waals surface area contributed by atoms with Crippen molar-refractivity contribution in [1.29, 1.82) is 0 Å². The van der Waals surface area contributed by atoms with Crippen molar-refractivity contribution < 1.29 is 9.84 Å². The van der Waals surface area contributed by atoms with Gasteiger partial charge in [-0.05, 0) is 80.1 Å². The number of benzene rings is 2. The molecule has 2 aromatic rings. The molecule has 0 fully saturated rings. The second-order valence-corrected chi connectivity index (χ2v) is 6.41.